The topological polar surface area (TPSA) is 58.6 Å². The van der Waals surface area contributed by atoms with Crippen LogP contribution in [0.3, 0.4) is 0 Å². The molecule has 0 radical (unpaired) electrons. The zero-order chi connectivity index (χ0) is 14.5. The molecule has 0 bridgehead atoms. The minimum Gasteiger partial charge on any atom is -0.480 e. The van der Waals surface area contributed by atoms with Gasteiger partial charge < -0.3 is 15.2 Å². The number of nitrogens with one attached hydrogen (secondary N) is 1. The number of benzene rings is 2. The Morgan fingerprint density at radius 2 is 1.60 bits per heavy atom. The van der Waals surface area contributed by atoms with Crippen molar-refractivity contribution in [1.82, 2.24) is 0 Å². The standard InChI is InChI=1S/C15H14FNO3/c1-10(15(18)19)17-12-4-8-14(9-5-12)20-13-6-2-11(16)3-7-13/h2-10,17H,1H3,(H,18,19). The Balaban J connectivity index is 2.01. The molecule has 0 saturated carbocycles. The number of aliphatic carboxylic acids is 1. The van der Waals surface area contributed by atoms with Crippen molar-refractivity contribution < 1.29 is 19.0 Å². The molecule has 0 fully saturated rings. The molecule has 1 atom stereocenters. The molecule has 0 aliphatic carbocycles. The molecule has 20 heavy (non-hydrogen) atoms. The summed E-state index contributed by atoms with van der Waals surface area (Å²) in [4.78, 5) is 10.7. The van der Waals surface area contributed by atoms with Gasteiger partial charge in [-0.05, 0) is 55.5 Å². The molecule has 5 heteroatoms. The normalized spacial score (nSPS) is 11.7. The number of carboxylic acid groups (broad SMARTS) is 1. The monoisotopic (exact) mass is 275 g/mol. The number of halogens is 1. The Labute approximate surface area is 115 Å². The number of hydrogen-bond donors (Lipinski definition) is 2. The fourth-order valence-electron chi connectivity index (χ4n) is 1.57. The average molecular weight is 275 g/mol. The Kier molecular flexibility index (Phi) is 4.20. The largest absolute Gasteiger partial charge is 0.480 e. The van der Waals surface area contributed by atoms with Gasteiger partial charge in [0, 0.05) is 5.69 Å². The van der Waals surface area contributed by atoms with E-state index in [0.29, 0.717) is 17.2 Å². The summed E-state index contributed by atoms with van der Waals surface area (Å²) < 4.78 is 18.3. The van der Waals surface area contributed by atoms with Gasteiger partial charge in [0.1, 0.15) is 23.4 Å². The molecule has 104 valence electrons. The zero-order valence-electron chi connectivity index (χ0n) is 10.8. The van der Waals surface area contributed by atoms with E-state index in [9.17, 15) is 9.18 Å². The molecule has 0 aromatic heterocycles. The number of rotatable bonds is 5. The van der Waals surface area contributed by atoms with Crippen molar-refractivity contribution in [3.63, 3.8) is 0 Å². The summed E-state index contributed by atoms with van der Waals surface area (Å²) in [5, 5.41) is 11.6. The van der Waals surface area contributed by atoms with Crippen LogP contribution in [0, 0.1) is 5.82 Å². The lowest BCUT2D eigenvalue weighted by Gasteiger charge is -2.11. The fourth-order valence-corrected chi connectivity index (χ4v) is 1.57. The number of ether oxygens (including phenoxy) is 1. The van der Waals surface area contributed by atoms with Crippen molar-refractivity contribution in [2.75, 3.05) is 5.32 Å². The molecule has 0 saturated heterocycles. The van der Waals surface area contributed by atoms with Gasteiger partial charge in [-0.1, -0.05) is 0 Å². The fraction of sp³-hybridized carbons (Fsp3) is 0.133. The highest BCUT2D eigenvalue weighted by atomic mass is 19.1. The van der Waals surface area contributed by atoms with Crippen LogP contribution in [0.25, 0.3) is 0 Å². The van der Waals surface area contributed by atoms with E-state index in [1.807, 2.05) is 0 Å². The van der Waals surface area contributed by atoms with Gasteiger partial charge in [0.15, 0.2) is 0 Å². The summed E-state index contributed by atoms with van der Waals surface area (Å²) in [6, 6.07) is 11.9. The first-order valence-electron chi connectivity index (χ1n) is 6.07. The summed E-state index contributed by atoms with van der Waals surface area (Å²) in [6.45, 7) is 1.56. The first-order chi connectivity index (χ1) is 9.54. The van der Waals surface area contributed by atoms with E-state index in [1.165, 1.54) is 24.3 Å². The van der Waals surface area contributed by atoms with Crippen LogP contribution >= 0.6 is 0 Å². The molecule has 0 aliphatic rings. The second-order valence-corrected chi connectivity index (χ2v) is 4.28. The van der Waals surface area contributed by atoms with Crippen molar-refractivity contribution in [3.8, 4) is 11.5 Å². The van der Waals surface area contributed by atoms with Crippen LogP contribution in [0.4, 0.5) is 10.1 Å². The van der Waals surface area contributed by atoms with E-state index in [4.69, 9.17) is 9.84 Å². The molecule has 1 unspecified atom stereocenters. The zero-order valence-corrected chi connectivity index (χ0v) is 10.8. The Bertz CT molecular complexity index is 581. The second-order valence-electron chi connectivity index (χ2n) is 4.28. The van der Waals surface area contributed by atoms with Gasteiger partial charge in [0.05, 0.1) is 0 Å². The van der Waals surface area contributed by atoms with E-state index in [0.717, 1.165) is 0 Å². The minimum absolute atomic E-state index is 0.320. The van der Waals surface area contributed by atoms with Crippen LogP contribution < -0.4 is 10.1 Å². The lowest BCUT2D eigenvalue weighted by Crippen LogP contribution is -2.25. The third kappa shape index (κ3) is 3.71. The highest BCUT2D eigenvalue weighted by Gasteiger charge is 2.09. The molecule has 0 amide bonds. The molecular formula is C15H14FNO3. The van der Waals surface area contributed by atoms with Crippen LogP contribution in [0.2, 0.25) is 0 Å². The molecular weight excluding hydrogens is 261 g/mol. The van der Waals surface area contributed by atoms with Gasteiger partial charge in [-0.25, -0.2) is 4.39 Å². The number of hydrogen-bond acceptors (Lipinski definition) is 3. The van der Waals surface area contributed by atoms with E-state index in [2.05, 4.69) is 5.32 Å². The number of anilines is 1. The van der Waals surface area contributed by atoms with Crippen molar-refractivity contribution in [3.05, 3.63) is 54.3 Å². The molecule has 4 nitrogen and oxygen atoms in total. The van der Waals surface area contributed by atoms with Crippen molar-refractivity contribution in [2.24, 2.45) is 0 Å². The summed E-state index contributed by atoms with van der Waals surface area (Å²) in [5.74, 6) is -0.118. The quantitative estimate of drug-likeness (QED) is 0.876. The molecule has 2 aromatic rings. The number of carbonyl (C=O) groups is 1. The third-order valence-corrected chi connectivity index (χ3v) is 2.66. The Morgan fingerprint density at radius 1 is 1.10 bits per heavy atom. The van der Waals surface area contributed by atoms with Crippen molar-refractivity contribution >= 4 is 11.7 Å². The van der Waals surface area contributed by atoms with Crippen LogP contribution in [-0.4, -0.2) is 17.1 Å². The van der Waals surface area contributed by atoms with Gasteiger partial charge in [-0.15, -0.1) is 0 Å². The Hall–Kier alpha value is -2.56. The SMILES string of the molecule is CC(Nc1ccc(Oc2ccc(F)cc2)cc1)C(=O)O. The minimum atomic E-state index is -0.920. The van der Waals surface area contributed by atoms with Crippen LogP contribution in [0.5, 0.6) is 11.5 Å². The van der Waals surface area contributed by atoms with Gasteiger partial charge >= 0.3 is 5.97 Å². The lowest BCUT2D eigenvalue weighted by molar-refractivity contribution is -0.137. The molecule has 2 N–H and O–H groups in total. The summed E-state index contributed by atoms with van der Waals surface area (Å²) in [5.41, 5.74) is 0.686. The maximum absolute atomic E-state index is 12.8. The van der Waals surface area contributed by atoms with Crippen LogP contribution in [0.15, 0.2) is 48.5 Å². The van der Waals surface area contributed by atoms with E-state index in [-0.39, 0.29) is 5.82 Å². The van der Waals surface area contributed by atoms with Gasteiger partial charge in [-0.2, -0.15) is 0 Å². The summed E-state index contributed by atoms with van der Waals surface area (Å²) in [7, 11) is 0. The molecule has 2 rings (SSSR count). The highest BCUT2D eigenvalue weighted by Crippen LogP contribution is 2.23. The van der Waals surface area contributed by atoms with E-state index >= 15 is 0 Å². The van der Waals surface area contributed by atoms with Gasteiger partial charge in [0.25, 0.3) is 0 Å². The van der Waals surface area contributed by atoms with Gasteiger partial charge in [0.2, 0.25) is 0 Å². The maximum Gasteiger partial charge on any atom is 0.325 e. The molecule has 0 spiro atoms. The molecule has 0 heterocycles. The first-order valence-corrected chi connectivity index (χ1v) is 6.07. The lowest BCUT2D eigenvalue weighted by atomic mass is 10.2. The Morgan fingerprint density at radius 3 is 2.10 bits per heavy atom. The maximum atomic E-state index is 12.8. The van der Waals surface area contributed by atoms with E-state index in [1.54, 1.807) is 31.2 Å². The van der Waals surface area contributed by atoms with Gasteiger partial charge in [-0.3, -0.25) is 4.79 Å². The highest BCUT2D eigenvalue weighted by molar-refractivity contribution is 5.76. The third-order valence-electron chi connectivity index (χ3n) is 2.66. The summed E-state index contributed by atoms with van der Waals surface area (Å²) >= 11 is 0. The first kappa shape index (κ1) is 13.9. The molecule has 2 aromatic carbocycles. The average Bonchev–Trinajstić information content (AvgIpc) is 2.43. The number of carboxylic acids is 1. The van der Waals surface area contributed by atoms with E-state index < -0.39 is 12.0 Å². The van der Waals surface area contributed by atoms with Crippen LogP contribution in [-0.2, 0) is 4.79 Å². The predicted molar refractivity (Wildman–Crippen MR) is 73.6 cm³/mol. The van der Waals surface area contributed by atoms with Crippen molar-refractivity contribution in [2.45, 2.75) is 13.0 Å². The smallest absolute Gasteiger partial charge is 0.325 e. The molecule has 0 aliphatic heterocycles. The van der Waals surface area contributed by atoms with Crippen molar-refractivity contribution in [1.29, 1.82) is 0 Å². The summed E-state index contributed by atoms with van der Waals surface area (Å²) in [6.07, 6.45) is 0. The second kappa shape index (κ2) is 6.06. The predicted octanol–water partition coefficient (Wildman–Crippen LogP) is 3.50. The van der Waals surface area contributed by atoms with Crippen LogP contribution in [0.1, 0.15) is 6.92 Å².